The van der Waals surface area contributed by atoms with Gasteiger partial charge in [0.25, 0.3) is 0 Å². The summed E-state index contributed by atoms with van der Waals surface area (Å²) in [4.78, 5) is 2.09. The van der Waals surface area contributed by atoms with Gasteiger partial charge in [-0.1, -0.05) is 6.07 Å². The van der Waals surface area contributed by atoms with Gasteiger partial charge < -0.3 is 15.1 Å². The molecule has 0 atom stereocenters. The minimum atomic E-state index is 0.723. The predicted octanol–water partition coefficient (Wildman–Crippen LogP) is 3.12. The third-order valence-electron chi connectivity index (χ3n) is 2.78. The Labute approximate surface area is 102 Å². The Morgan fingerprint density at radius 2 is 1.94 bits per heavy atom. The summed E-state index contributed by atoms with van der Waals surface area (Å²) in [5.74, 6) is 1.88. The molecule has 17 heavy (non-hydrogen) atoms. The van der Waals surface area contributed by atoms with Crippen LogP contribution in [0.1, 0.15) is 17.1 Å². The van der Waals surface area contributed by atoms with Crippen LogP contribution in [0.15, 0.2) is 34.7 Å². The van der Waals surface area contributed by atoms with Crippen molar-refractivity contribution in [1.82, 2.24) is 0 Å². The predicted molar refractivity (Wildman–Crippen MR) is 71.1 cm³/mol. The summed E-state index contributed by atoms with van der Waals surface area (Å²) in [6.07, 6.45) is 0. The van der Waals surface area contributed by atoms with Crippen molar-refractivity contribution in [2.24, 2.45) is 0 Å². The van der Waals surface area contributed by atoms with Gasteiger partial charge in [-0.05, 0) is 43.7 Å². The first-order chi connectivity index (χ1) is 8.06. The normalized spacial score (nSPS) is 10.5. The molecule has 90 valence electrons. The highest BCUT2D eigenvalue weighted by molar-refractivity contribution is 5.68. The third kappa shape index (κ3) is 2.61. The lowest BCUT2D eigenvalue weighted by atomic mass is 10.2. The zero-order chi connectivity index (χ0) is 12.4. The summed E-state index contributed by atoms with van der Waals surface area (Å²) in [6.45, 7) is 4.71. The minimum Gasteiger partial charge on any atom is -0.464 e. The number of rotatable bonds is 3. The highest BCUT2D eigenvalue weighted by Gasteiger charge is 2.08. The molecule has 0 radical (unpaired) electrons. The molecule has 2 N–H and O–H groups in total. The van der Waals surface area contributed by atoms with E-state index in [1.165, 1.54) is 5.56 Å². The van der Waals surface area contributed by atoms with Crippen LogP contribution >= 0.6 is 0 Å². The monoisotopic (exact) mass is 230 g/mol. The molecule has 1 aromatic carbocycles. The lowest BCUT2D eigenvalue weighted by molar-refractivity contribution is 0.482. The molecule has 1 aromatic heterocycles. The number of benzene rings is 1. The molecule has 3 heteroatoms. The maximum atomic E-state index is 6.01. The molecule has 0 unspecified atom stereocenters. The van der Waals surface area contributed by atoms with Gasteiger partial charge in [0, 0.05) is 7.05 Å². The molecule has 0 aliphatic rings. The zero-order valence-electron chi connectivity index (χ0n) is 10.5. The van der Waals surface area contributed by atoms with E-state index in [2.05, 4.69) is 11.0 Å². The van der Waals surface area contributed by atoms with E-state index in [1.54, 1.807) is 0 Å². The average Bonchev–Trinajstić information content (AvgIpc) is 2.63. The van der Waals surface area contributed by atoms with Crippen LogP contribution in [0.3, 0.4) is 0 Å². The fraction of sp³-hybridized carbons (Fsp3) is 0.286. The molecule has 2 aromatic rings. The van der Waals surface area contributed by atoms with E-state index < -0.39 is 0 Å². The third-order valence-corrected chi connectivity index (χ3v) is 2.78. The zero-order valence-corrected chi connectivity index (χ0v) is 10.5. The van der Waals surface area contributed by atoms with Crippen LogP contribution < -0.4 is 10.6 Å². The second-order valence-corrected chi connectivity index (χ2v) is 4.43. The van der Waals surface area contributed by atoms with E-state index in [0.29, 0.717) is 0 Å². The Hall–Kier alpha value is -1.90. The summed E-state index contributed by atoms with van der Waals surface area (Å²) in [5.41, 5.74) is 9.02. The van der Waals surface area contributed by atoms with Crippen LogP contribution in [0.4, 0.5) is 11.4 Å². The van der Waals surface area contributed by atoms with Crippen molar-refractivity contribution in [2.75, 3.05) is 17.7 Å². The number of nitrogen functional groups attached to an aromatic ring is 1. The Kier molecular flexibility index (Phi) is 3.09. The first kappa shape index (κ1) is 11.6. The lowest BCUT2D eigenvalue weighted by Crippen LogP contribution is -2.17. The van der Waals surface area contributed by atoms with Gasteiger partial charge in [0.2, 0.25) is 0 Å². The van der Waals surface area contributed by atoms with Gasteiger partial charge in [0.1, 0.15) is 11.5 Å². The summed E-state index contributed by atoms with van der Waals surface area (Å²) in [6, 6.07) is 10.1. The van der Waals surface area contributed by atoms with Crippen molar-refractivity contribution < 1.29 is 4.42 Å². The summed E-state index contributed by atoms with van der Waals surface area (Å²) in [7, 11) is 2.01. The molecule has 0 saturated carbocycles. The van der Waals surface area contributed by atoms with E-state index in [4.69, 9.17) is 10.2 Å². The second-order valence-electron chi connectivity index (χ2n) is 4.43. The maximum Gasteiger partial charge on any atom is 0.123 e. The van der Waals surface area contributed by atoms with Crippen molar-refractivity contribution in [2.45, 2.75) is 20.4 Å². The number of furan rings is 1. The van der Waals surface area contributed by atoms with Crippen LogP contribution in [-0.4, -0.2) is 7.05 Å². The molecule has 0 fully saturated rings. The summed E-state index contributed by atoms with van der Waals surface area (Å²) in [5, 5.41) is 0. The van der Waals surface area contributed by atoms with E-state index in [9.17, 15) is 0 Å². The molecule has 0 saturated heterocycles. The van der Waals surface area contributed by atoms with Crippen LogP contribution in [0.2, 0.25) is 0 Å². The number of hydrogen-bond acceptors (Lipinski definition) is 3. The lowest BCUT2D eigenvalue weighted by Gasteiger charge is -2.20. The summed E-state index contributed by atoms with van der Waals surface area (Å²) >= 11 is 0. The van der Waals surface area contributed by atoms with Crippen molar-refractivity contribution >= 4 is 11.4 Å². The number of nitrogens with zero attached hydrogens (tertiary/aromatic N) is 1. The number of nitrogens with two attached hydrogens (primary N) is 1. The van der Waals surface area contributed by atoms with Gasteiger partial charge in [0.05, 0.1) is 17.9 Å². The van der Waals surface area contributed by atoms with E-state index >= 15 is 0 Å². The molecule has 0 spiro atoms. The highest BCUT2D eigenvalue weighted by atomic mass is 16.3. The first-order valence-electron chi connectivity index (χ1n) is 5.69. The SMILES string of the molecule is Cc1ccc(N(C)Cc2ccc(C)o2)c(N)c1. The number of hydrogen-bond donors (Lipinski definition) is 1. The standard InChI is InChI=1S/C14H18N2O/c1-10-4-7-14(13(15)8-10)16(3)9-12-6-5-11(2)17-12/h4-8H,9,15H2,1-3H3. The van der Waals surface area contributed by atoms with E-state index in [0.717, 1.165) is 29.4 Å². The molecule has 0 amide bonds. The van der Waals surface area contributed by atoms with E-state index in [1.807, 2.05) is 45.2 Å². The smallest absolute Gasteiger partial charge is 0.123 e. The van der Waals surface area contributed by atoms with Crippen LogP contribution in [-0.2, 0) is 6.54 Å². The molecular weight excluding hydrogens is 212 g/mol. The van der Waals surface area contributed by atoms with Gasteiger partial charge in [-0.15, -0.1) is 0 Å². The van der Waals surface area contributed by atoms with Crippen LogP contribution in [0.25, 0.3) is 0 Å². The van der Waals surface area contributed by atoms with Crippen LogP contribution in [0.5, 0.6) is 0 Å². The fourth-order valence-corrected chi connectivity index (χ4v) is 1.91. The molecular formula is C14H18N2O. The highest BCUT2D eigenvalue weighted by Crippen LogP contribution is 2.24. The van der Waals surface area contributed by atoms with Gasteiger partial charge in [0.15, 0.2) is 0 Å². The fourth-order valence-electron chi connectivity index (χ4n) is 1.91. The van der Waals surface area contributed by atoms with Gasteiger partial charge in [-0.3, -0.25) is 0 Å². The van der Waals surface area contributed by atoms with Crippen molar-refractivity contribution in [3.8, 4) is 0 Å². The van der Waals surface area contributed by atoms with Crippen molar-refractivity contribution in [1.29, 1.82) is 0 Å². The van der Waals surface area contributed by atoms with Gasteiger partial charge >= 0.3 is 0 Å². The average molecular weight is 230 g/mol. The Bertz CT molecular complexity index is 517. The van der Waals surface area contributed by atoms with Gasteiger partial charge in [-0.2, -0.15) is 0 Å². The molecule has 0 aliphatic heterocycles. The molecule has 1 heterocycles. The Morgan fingerprint density at radius 1 is 1.18 bits per heavy atom. The first-order valence-corrected chi connectivity index (χ1v) is 5.69. The number of aryl methyl sites for hydroxylation is 2. The second kappa shape index (κ2) is 4.53. The minimum absolute atomic E-state index is 0.723. The molecule has 2 rings (SSSR count). The number of anilines is 2. The van der Waals surface area contributed by atoms with E-state index in [-0.39, 0.29) is 0 Å². The topological polar surface area (TPSA) is 42.4 Å². The molecule has 0 bridgehead atoms. The van der Waals surface area contributed by atoms with Crippen molar-refractivity contribution in [3.63, 3.8) is 0 Å². The Morgan fingerprint density at radius 3 is 2.53 bits per heavy atom. The maximum absolute atomic E-state index is 6.01. The largest absolute Gasteiger partial charge is 0.464 e. The Balaban J connectivity index is 2.17. The van der Waals surface area contributed by atoms with Crippen molar-refractivity contribution in [3.05, 3.63) is 47.4 Å². The molecule has 0 aliphatic carbocycles. The molecule has 3 nitrogen and oxygen atoms in total. The van der Waals surface area contributed by atoms with Gasteiger partial charge in [-0.25, -0.2) is 0 Å². The summed E-state index contributed by atoms with van der Waals surface area (Å²) < 4.78 is 5.56. The quantitative estimate of drug-likeness (QED) is 0.824. The van der Waals surface area contributed by atoms with Crippen LogP contribution in [0, 0.1) is 13.8 Å².